The first-order valence-corrected chi connectivity index (χ1v) is 4.27. The average molecular weight is 243 g/mol. The Morgan fingerprint density at radius 2 is 2.33 bits per heavy atom. The lowest BCUT2D eigenvalue weighted by molar-refractivity contribution is -0.120. The van der Waals surface area contributed by atoms with E-state index in [0.717, 1.165) is 4.43 Å². The number of amides is 1. The largest absolute Gasteiger partial charge is 0.395 e. The molecule has 0 heterocycles. The number of carbonyl (C=O) groups excluding carboxylic acids is 1. The third-order valence-electron chi connectivity index (χ3n) is 0.756. The molecule has 0 fully saturated rings. The van der Waals surface area contributed by atoms with Gasteiger partial charge in [-0.25, -0.2) is 0 Å². The van der Waals surface area contributed by atoms with Gasteiger partial charge in [0.05, 0.1) is 6.61 Å². The van der Waals surface area contributed by atoms with E-state index in [4.69, 9.17) is 5.11 Å². The van der Waals surface area contributed by atoms with Crippen molar-refractivity contribution in [1.29, 1.82) is 0 Å². The summed E-state index contributed by atoms with van der Waals surface area (Å²) in [6, 6.07) is 0. The van der Waals surface area contributed by atoms with Crippen LogP contribution >= 0.6 is 22.6 Å². The van der Waals surface area contributed by atoms with Crippen molar-refractivity contribution in [2.45, 2.75) is 6.42 Å². The van der Waals surface area contributed by atoms with Crippen LogP contribution in [0.2, 0.25) is 0 Å². The van der Waals surface area contributed by atoms with Gasteiger partial charge in [0.25, 0.3) is 0 Å². The average Bonchev–Trinajstić information content (AvgIpc) is 1.85. The Morgan fingerprint density at radius 1 is 1.67 bits per heavy atom. The second kappa shape index (κ2) is 6.28. The molecule has 0 unspecified atom stereocenters. The van der Waals surface area contributed by atoms with Crippen molar-refractivity contribution < 1.29 is 9.90 Å². The van der Waals surface area contributed by atoms with Crippen LogP contribution < -0.4 is 5.32 Å². The molecule has 54 valence electrons. The first-order chi connectivity index (χ1) is 4.31. The van der Waals surface area contributed by atoms with E-state index in [2.05, 4.69) is 27.9 Å². The fourth-order valence-corrected chi connectivity index (χ4v) is 0.859. The SMILES string of the molecule is O=C(CCI)NCCO. The molecule has 3 nitrogen and oxygen atoms in total. The topological polar surface area (TPSA) is 49.3 Å². The van der Waals surface area contributed by atoms with Crippen molar-refractivity contribution in [3.8, 4) is 0 Å². The van der Waals surface area contributed by atoms with Crippen LogP contribution in [0.5, 0.6) is 0 Å². The molecule has 0 aromatic heterocycles. The highest BCUT2D eigenvalue weighted by molar-refractivity contribution is 14.1. The Hall–Kier alpha value is 0.160. The van der Waals surface area contributed by atoms with E-state index in [-0.39, 0.29) is 12.5 Å². The summed E-state index contributed by atoms with van der Waals surface area (Å²) in [5, 5.41) is 10.8. The zero-order valence-corrected chi connectivity index (χ0v) is 7.22. The van der Waals surface area contributed by atoms with Gasteiger partial charge in [0.15, 0.2) is 0 Å². The van der Waals surface area contributed by atoms with Crippen LogP contribution in [-0.2, 0) is 4.79 Å². The highest BCUT2D eigenvalue weighted by atomic mass is 127. The van der Waals surface area contributed by atoms with Crippen LogP contribution in [-0.4, -0.2) is 28.6 Å². The molecule has 0 aliphatic carbocycles. The van der Waals surface area contributed by atoms with Crippen LogP contribution in [0.4, 0.5) is 0 Å². The van der Waals surface area contributed by atoms with Crippen molar-refractivity contribution >= 4 is 28.5 Å². The molecule has 4 heteroatoms. The minimum absolute atomic E-state index is 0.0125. The highest BCUT2D eigenvalue weighted by Crippen LogP contribution is 1.86. The normalized spacial score (nSPS) is 9.11. The van der Waals surface area contributed by atoms with E-state index in [1.54, 1.807) is 0 Å². The first-order valence-electron chi connectivity index (χ1n) is 2.74. The molecular formula is C5H10INO2. The molecule has 9 heavy (non-hydrogen) atoms. The zero-order chi connectivity index (χ0) is 7.11. The molecule has 0 aromatic carbocycles. The molecule has 0 saturated carbocycles. The maximum atomic E-state index is 10.6. The van der Waals surface area contributed by atoms with Crippen LogP contribution in [0.15, 0.2) is 0 Å². The fourth-order valence-electron chi connectivity index (χ4n) is 0.370. The van der Waals surface area contributed by atoms with E-state index >= 15 is 0 Å². The second-order valence-electron chi connectivity index (χ2n) is 1.51. The second-order valence-corrected chi connectivity index (χ2v) is 2.59. The summed E-state index contributed by atoms with van der Waals surface area (Å²) < 4.78 is 0.828. The van der Waals surface area contributed by atoms with Gasteiger partial charge < -0.3 is 10.4 Å². The first kappa shape index (κ1) is 9.16. The zero-order valence-electron chi connectivity index (χ0n) is 5.06. The monoisotopic (exact) mass is 243 g/mol. The van der Waals surface area contributed by atoms with Crippen molar-refractivity contribution in [2.24, 2.45) is 0 Å². The van der Waals surface area contributed by atoms with Crippen LogP contribution in [0.1, 0.15) is 6.42 Å². The smallest absolute Gasteiger partial charge is 0.220 e. The molecule has 0 rings (SSSR count). The third-order valence-corrected chi connectivity index (χ3v) is 1.29. The maximum absolute atomic E-state index is 10.6. The summed E-state index contributed by atoms with van der Waals surface area (Å²) in [4.78, 5) is 10.6. The lowest BCUT2D eigenvalue weighted by Gasteiger charge is -1.98. The Morgan fingerprint density at radius 3 is 2.78 bits per heavy atom. The number of hydrogen-bond acceptors (Lipinski definition) is 2. The summed E-state index contributed by atoms with van der Waals surface area (Å²) in [5.41, 5.74) is 0. The maximum Gasteiger partial charge on any atom is 0.220 e. The summed E-state index contributed by atoms with van der Waals surface area (Å²) in [5.74, 6) is 0.0125. The highest BCUT2D eigenvalue weighted by Gasteiger charge is 1.95. The van der Waals surface area contributed by atoms with Gasteiger partial charge in [-0.05, 0) is 0 Å². The van der Waals surface area contributed by atoms with Gasteiger partial charge in [-0.3, -0.25) is 4.79 Å². The van der Waals surface area contributed by atoms with Gasteiger partial charge in [0.2, 0.25) is 5.91 Å². The molecule has 0 bridgehead atoms. The lowest BCUT2D eigenvalue weighted by atomic mass is 10.4. The molecular weight excluding hydrogens is 233 g/mol. The van der Waals surface area contributed by atoms with E-state index in [9.17, 15) is 4.79 Å². The predicted octanol–water partition coefficient (Wildman–Crippen LogP) is -0.0800. The molecule has 2 N–H and O–H groups in total. The van der Waals surface area contributed by atoms with Gasteiger partial charge in [0.1, 0.15) is 0 Å². The summed E-state index contributed by atoms with van der Waals surface area (Å²) in [6.07, 6.45) is 0.542. The summed E-state index contributed by atoms with van der Waals surface area (Å²) in [7, 11) is 0. The third kappa shape index (κ3) is 6.04. The molecule has 0 spiro atoms. The number of halogens is 1. The van der Waals surface area contributed by atoms with Crippen molar-refractivity contribution in [1.82, 2.24) is 5.32 Å². The van der Waals surface area contributed by atoms with E-state index in [0.29, 0.717) is 13.0 Å². The number of carbonyl (C=O) groups is 1. The number of nitrogens with one attached hydrogen (secondary N) is 1. The molecule has 0 aromatic rings. The van der Waals surface area contributed by atoms with Crippen molar-refractivity contribution in [3.05, 3.63) is 0 Å². The van der Waals surface area contributed by atoms with Crippen molar-refractivity contribution in [3.63, 3.8) is 0 Å². The Balaban J connectivity index is 3.06. The van der Waals surface area contributed by atoms with E-state index < -0.39 is 0 Å². The number of aliphatic hydroxyl groups excluding tert-OH is 1. The summed E-state index contributed by atoms with van der Waals surface area (Å²) >= 11 is 2.13. The van der Waals surface area contributed by atoms with E-state index in [1.165, 1.54) is 0 Å². The minimum atomic E-state index is 0.0125. The Kier molecular flexibility index (Phi) is 6.39. The minimum Gasteiger partial charge on any atom is -0.395 e. The molecule has 0 saturated heterocycles. The number of alkyl halides is 1. The van der Waals surface area contributed by atoms with Crippen molar-refractivity contribution in [2.75, 3.05) is 17.6 Å². The van der Waals surface area contributed by atoms with Gasteiger partial charge in [-0.2, -0.15) is 0 Å². The van der Waals surface area contributed by atoms with Gasteiger partial charge in [-0.1, -0.05) is 22.6 Å². The van der Waals surface area contributed by atoms with Gasteiger partial charge in [-0.15, -0.1) is 0 Å². The quantitative estimate of drug-likeness (QED) is 0.536. The molecule has 0 atom stereocenters. The Labute approximate surface area is 68.0 Å². The van der Waals surface area contributed by atoms with Gasteiger partial charge in [0, 0.05) is 17.4 Å². The molecule has 1 amide bonds. The number of rotatable bonds is 4. The standard InChI is InChI=1S/C5H10INO2/c6-2-1-5(9)7-3-4-8/h8H,1-4H2,(H,7,9). The van der Waals surface area contributed by atoms with Crippen LogP contribution in [0.3, 0.4) is 0 Å². The number of hydrogen-bond donors (Lipinski definition) is 2. The summed E-state index contributed by atoms with van der Waals surface area (Å²) in [6.45, 7) is 0.391. The van der Waals surface area contributed by atoms with Gasteiger partial charge >= 0.3 is 0 Å². The Bertz CT molecular complexity index is 87.0. The number of aliphatic hydroxyl groups is 1. The van der Waals surface area contributed by atoms with Crippen LogP contribution in [0, 0.1) is 0 Å². The molecule has 0 aliphatic rings. The van der Waals surface area contributed by atoms with E-state index in [1.807, 2.05) is 0 Å². The molecule has 0 radical (unpaired) electrons. The fraction of sp³-hybridized carbons (Fsp3) is 0.800. The molecule has 0 aliphatic heterocycles. The predicted molar refractivity (Wildman–Crippen MR) is 43.6 cm³/mol. The lowest BCUT2D eigenvalue weighted by Crippen LogP contribution is -2.26. The van der Waals surface area contributed by atoms with Crippen LogP contribution in [0.25, 0.3) is 0 Å².